The molecule has 0 amide bonds. The Bertz CT molecular complexity index is 342. The third kappa shape index (κ3) is 4.22. The van der Waals surface area contributed by atoms with E-state index in [2.05, 4.69) is 21.2 Å². The van der Waals surface area contributed by atoms with Crippen molar-refractivity contribution in [2.45, 2.75) is 25.5 Å². The summed E-state index contributed by atoms with van der Waals surface area (Å²) >= 11 is 3.36. The molecular formula is C12H18BrNO2. The zero-order valence-corrected chi connectivity index (χ0v) is 11.2. The van der Waals surface area contributed by atoms with Gasteiger partial charge in [0.2, 0.25) is 0 Å². The lowest BCUT2D eigenvalue weighted by atomic mass is 10.1. The highest BCUT2D eigenvalue weighted by Crippen LogP contribution is 2.18. The minimum absolute atomic E-state index is 0.0399. The first-order valence-corrected chi connectivity index (χ1v) is 6.03. The van der Waals surface area contributed by atoms with Crippen molar-refractivity contribution in [1.29, 1.82) is 0 Å². The number of β-amino-alcohol motifs (C(OH)–C–C–N with tert-alkyl or cyclic N) is 1. The summed E-state index contributed by atoms with van der Waals surface area (Å²) in [6, 6.07) is 7.57. The number of hydrogen-bond acceptors (Lipinski definition) is 3. The summed E-state index contributed by atoms with van der Waals surface area (Å²) in [5.41, 5.74) is 0.489. The summed E-state index contributed by atoms with van der Waals surface area (Å²) in [7, 11) is 0. The van der Waals surface area contributed by atoms with Gasteiger partial charge in [-0.3, -0.25) is 0 Å². The van der Waals surface area contributed by atoms with E-state index < -0.39 is 6.10 Å². The van der Waals surface area contributed by atoms with E-state index in [0.717, 1.165) is 10.0 Å². The monoisotopic (exact) mass is 287 g/mol. The van der Waals surface area contributed by atoms with Crippen LogP contribution in [0.2, 0.25) is 0 Å². The fraction of sp³-hybridized carbons (Fsp3) is 0.500. The van der Waals surface area contributed by atoms with Gasteiger partial charge in [-0.25, -0.2) is 0 Å². The Morgan fingerprint density at radius 2 is 2.12 bits per heavy atom. The normalized spacial score (nSPS) is 13.8. The molecule has 0 aliphatic rings. The van der Waals surface area contributed by atoms with E-state index >= 15 is 0 Å². The van der Waals surface area contributed by atoms with Crippen molar-refractivity contribution >= 4 is 15.9 Å². The molecule has 1 aromatic rings. The van der Waals surface area contributed by atoms with Crippen molar-refractivity contribution in [2.24, 2.45) is 0 Å². The molecule has 1 atom stereocenters. The Labute approximate surface area is 105 Å². The number of halogens is 1. The molecule has 0 bridgehead atoms. The lowest BCUT2D eigenvalue weighted by molar-refractivity contribution is 0.136. The first kappa shape index (κ1) is 13.6. The summed E-state index contributed by atoms with van der Waals surface area (Å²) in [4.78, 5) is 0. The molecule has 3 nitrogen and oxygen atoms in total. The van der Waals surface area contributed by atoms with Gasteiger partial charge in [-0.05, 0) is 31.5 Å². The predicted molar refractivity (Wildman–Crippen MR) is 68.3 cm³/mol. The molecule has 0 aliphatic heterocycles. The SMILES string of the molecule is CC(C)(CO)NCC(O)c1cccc(Br)c1. The molecular weight excluding hydrogens is 270 g/mol. The molecule has 3 N–H and O–H groups in total. The van der Waals surface area contributed by atoms with Gasteiger partial charge in [0.05, 0.1) is 12.7 Å². The molecule has 1 aromatic carbocycles. The Balaban J connectivity index is 2.56. The zero-order chi connectivity index (χ0) is 12.2. The van der Waals surface area contributed by atoms with Crippen LogP contribution in [0.25, 0.3) is 0 Å². The van der Waals surface area contributed by atoms with Crippen LogP contribution < -0.4 is 5.32 Å². The van der Waals surface area contributed by atoms with Gasteiger partial charge in [0.1, 0.15) is 0 Å². The molecule has 1 unspecified atom stereocenters. The summed E-state index contributed by atoms with van der Waals surface area (Å²) in [6.07, 6.45) is -0.566. The number of nitrogens with one attached hydrogen (secondary N) is 1. The second-order valence-electron chi connectivity index (χ2n) is 4.49. The van der Waals surface area contributed by atoms with E-state index in [1.807, 2.05) is 38.1 Å². The Kier molecular flexibility index (Phi) is 4.92. The Morgan fingerprint density at radius 3 is 2.69 bits per heavy atom. The Morgan fingerprint density at radius 1 is 1.44 bits per heavy atom. The zero-order valence-electron chi connectivity index (χ0n) is 9.57. The summed E-state index contributed by atoms with van der Waals surface area (Å²) in [5.74, 6) is 0. The van der Waals surface area contributed by atoms with Gasteiger partial charge in [-0.1, -0.05) is 28.1 Å². The molecule has 0 aromatic heterocycles. The number of aliphatic hydroxyl groups excluding tert-OH is 2. The van der Waals surface area contributed by atoms with Gasteiger partial charge in [-0.15, -0.1) is 0 Å². The average Bonchev–Trinajstić information content (AvgIpc) is 2.26. The van der Waals surface area contributed by atoms with Crippen LogP contribution in [0.5, 0.6) is 0 Å². The molecule has 0 saturated heterocycles. The molecule has 16 heavy (non-hydrogen) atoms. The van der Waals surface area contributed by atoms with Gasteiger partial charge in [0, 0.05) is 16.6 Å². The second kappa shape index (κ2) is 5.77. The van der Waals surface area contributed by atoms with Crippen molar-refractivity contribution in [1.82, 2.24) is 5.32 Å². The molecule has 0 aliphatic carbocycles. The molecule has 0 fully saturated rings. The van der Waals surface area contributed by atoms with Crippen LogP contribution in [-0.2, 0) is 0 Å². The van der Waals surface area contributed by atoms with Crippen molar-refractivity contribution < 1.29 is 10.2 Å². The maximum atomic E-state index is 9.94. The molecule has 0 heterocycles. The van der Waals surface area contributed by atoms with Crippen LogP contribution in [0.4, 0.5) is 0 Å². The molecule has 4 heteroatoms. The standard InChI is InChI=1S/C12H18BrNO2/c1-12(2,8-15)14-7-11(16)9-4-3-5-10(13)6-9/h3-6,11,14-16H,7-8H2,1-2H3. The van der Waals surface area contributed by atoms with E-state index in [9.17, 15) is 5.11 Å². The average molecular weight is 288 g/mol. The first-order valence-electron chi connectivity index (χ1n) is 5.24. The number of aliphatic hydroxyl groups is 2. The van der Waals surface area contributed by atoms with E-state index in [4.69, 9.17) is 5.11 Å². The van der Waals surface area contributed by atoms with Crippen molar-refractivity contribution in [3.05, 3.63) is 34.3 Å². The van der Waals surface area contributed by atoms with Crippen molar-refractivity contribution in [3.8, 4) is 0 Å². The summed E-state index contributed by atoms with van der Waals surface area (Å²) < 4.78 is 0.950. The second-order valence-corrected chi connectivity index (χ2v) is 5.41. The van der Waals surface area contributed by atoms with Crippen LogP contribution in [0.3, 0.4) is 0 Å². The van der Waals surface area contributed by atoms with Crippen LogP contribution in [-0.4, -0.2) is 28.9 Å². The van der Waals surface area contributed by atoms with Crippen LogP contribution in [0.1, 0.15) is 25.5 Å². The molecule has 0 saturated carbocycles. The highest BCUT2D eigenvalue weighted by Gasteiger charge is 2.17. The number of benzene rings is 1. The maximum absolute atomic E-state index is 9.94. The number of hydrogen-bond donors (Lipinski definition) is 3. The molecule has 0 spiro atoms. The fourth-order valence-corrected chi connectivity index (χ4v) is 1.68. The third-order valence-electron chi connectivity index (χ3n) is 2.40. The van der Waals surface area contributed by atoms with E-state index in [0.29, 0.717) is 6.54 Å². The van der Waals surface area contributed by atoms with Gasteiger partial charge in [0.25, 0.3) is 0 Å². The van der Waals surface area contributed by atoms with Crippen molar-refractivity contribution in [3.63, 3.8) is 0 Å². The van der Waals surface area contributed by atoms with E-state index in [-0.39, 0.29) is 12.1 Å². The predicted octanol–water partition coefficient (Wildman–Crippen LogP) is 1.84. The van der Waals surface area contributed by atoms with Crippen LogP contribution in [0.15, 0.2) is 28.7 Å². The highest BCUT2D eigenvalue weighted by molar-refractivity contribution is 9.10. The molecule has 90 valence electrons. The van der Waals surface area contributed by atoms with Gasteiger partial charge >= 0.3 is 0 Å². The largest absolute Gasteiger partial charge is 0.394 e. The van der Waals surface area contributed by atoms with Crippen molar-refractivity contribution in [2.75, 3.05) is 13.2 Å². The maximum Gasteiger partial charge on any atom is 0.0914 e. The van der Waals surface area contributed by atoms with Gasteiger partial charge in [0.15, 0.2) is 0 Å². The van der Waals surface area contributed by atoms with E-state index in [1.54, 1.807) is 0 Å². The smallest absolute Gasteiger partial charge is 0.0914 e. The third-order valence-corrected chi connectivity index (χ3v) is 2.90. The fourth-order valence-electron chi connectivity index (χ4n) is 1.26. The molecule has 0 radical (unpaired) electrons. The lowest BCUT2D eigenvalue weighted by Crippen LogP contribution is -2.44. The minimum Gasteiger partial charge on any atom is -0.394 e. The lowest BCUT2D eigenvalue weighted by Gasteiger charge is -2.25. The van der Waals surface area contributed by atoms with E-state index in [1.165, 1.54) is 0 Å². The topological polar surface area (TPSA) is 52.5 Å². The van der Waals surface area contributed by atoms with Crippen LogP contribution >= 0.6 is 15.9 Å². The van der Waals surface area contributed by atoms with Crippen LogP contribution in [0, 0.1) is 0 Å². The quantitative estimate of drug-likeness (QED) is 0.775. The van der Waals surface area contributed by atoms with Gasteiger partial charge in [-0.2, -0.15) is 0 Å². The highest BCUT2D eigenvalue weighted by atomic mass is 79.9. The molecule has 1 rings (SSSR count). The summed E-state index contributed by atoms with van der Waals surface area (Å²) in [6.45, 7) is 4.24. The van der Waals surface area contributed by atoms with Gasteiger partial charge < -0.3 is 15.5 Å². The minimum atomic E-state index is -0.566. The Hall–Kier alpha value is -0.420. The number of rotatable bonds is 5. The summed E-state index contributed by atoms with van der Waals surface area (Å²) in [5, 5.41) is 22.1. The first-order chi connectivity index (χ1) is 7.44.